The quantitative estimate of drug-likeness (QED) is 0.368. The van der Waals surface area contributed by atoms with Crippen molar-refractivity contribution >= 4 is 34.0 Å². The minimum Gasteiger partial charge on any atom is -0.364 e. The van der Waals surface area contributed by atoms with E-state index in [0.29, 0.717) is 47.1 Å². The van der Waals surface area contributed by atoms with Crippen molar-refractivity contribution in [2.45, 2.75) is 20.0 Å². The van der Waals surface area contributed by atoms with Crippen LogP contribution in [0.1, 0.15) is 16.7 Å². The highest BCUT2D eigenvalue weighted by Gasteiger charge is 2.16. The van der Waals surface area contributed by atoms with Gasteiger partial charge in [-0.3, -0.25) is 0 Å². The molecular formula is C25H22N10. The molecule has 0 aliphatic rings. The summed E-state index contributed by atoms with van der Waals surface area (Å²) in [5.74, 6) is 1.33. The van der Waals surface area contributed by atoms with E-state index in [1.165, 1.54) is 18.2 Å². The monoisotopic (exact) mass is 462 g/mol. The van der Waals surface area contributed by atoms with Crippen molar-refractivity contribution in [2.75, 3.05) is 10.6 Å². The van der Waals surface area contributed by atoms with Gasteiger partial charge >= 0.3 is 0 Å². The molecule has 0 atom stereocenters. The molecule has 2 aromatic carbocycles. The van der Waals surface area contributed by atoms with Crippen molar-refractivity contribution in [1.82, 2.24) is 39.3 Å². The molecule has 4 aromatic heterocycles. The van der Waals surface area contributed by atoms with Gasteiger partial charge in [0.2, 0.25) is 0 Å². The summed E-state index contributed by atoms with van der Waals surface area (Å²) in [7, 11) is 0. The average molecular weight is 463 g/mol. The summed E-state index contributed by atoms with van der Waals surface area (Å²) in [6, 6.07) is 18.5. The van der Waals surface area contributed by atoms with Gasteiger partial charge in [-0.25, -0.2) is 39.3 Å². The zero-order chi connectivity index (χ0) is 23.6. The number of hydrogen-bond donors (Lipinski definition) is 2. The molecule has 0 aliphatic carbocycles. The Balaban J connectivity index is 1.30. The van der Waals surface area contributed by atoms with Crippen molar-refractivity contribution in [2.24, 2.45) is 0 Å². The molecule has 10 nitrogen and oxygen atoms in total. The van der Waals surface area contributed by atoms with Crippen LogP contribution in [-0.4, -0.2) is 39.3 Å². The first-order chi connectivity index (χ1) is 17.3. The molecule has 6 aromatic rings. The first-order valence-electron chi connectivity index (χ1n) is 11.2. The number of anilines is 2. The summed E-state index contributed by atoms with van der Waals surface area (Å²) < 4.78 is 3.61. The zero-order valence-electron chi connectivity index (χ0n) is 19.0. The number of nitrogens with zero attached hydrogens (tertiary/aromatic N) is 8. The van der Waals surface area contributed by atoms with Gasteiger partial charge < -0.3 is 10.6 Å². The van der Waals surface area contributed by atoms with Gasteiger partial charge in [-0.05, 0) is 18.1 Å². The lowest BCUT2D eigenvalue weighted by molar-refractivity contribution is 0.687. The summed E-state index contributed by atoms with van der Waals surface area (Å²) in [5.41, 5.74) is 6.16. The van der Waals surface area contributed by atoms with Crippen LogP contribution in [0.3, 0.4) is 0 Å². The van der Waals surface area contributed by atoms with E-state index >= 15 is 0 Å². The van der Waals surface area contributed by atoms with Crippen LogP contribution in [0, 0.1) is 6.92 Å². The Labute approximate surface area is 200 Å². The molecule has 172 valence electrons. The second kappa shape index (κ2) is 8.82. The van der Waals surface area contributed by atoms with Crippen LogP contribution in [0.15, 0.2) is 79.9 Å². The van der Waals surface area contributed by atoms with Crippen molar-refractivity contribution in [1.29, 1.82) is 0 Å². The molecule has 0 fully saturated rings. The van der Waals surface area contributed by atoms with Crippen LogP contribution >= 0.6 is 0 Å². The van der Waals surface area contributed by atoms with E-state index in [-0.39, 0.29) is 0 Å². The Morgan fingerprint density at radius 3 is 1.66 bits per heavy atom. The molecule has 0 bridgehead atoms. The number of aryl methyl sites for hydroxylation is 1. The minimum atomic E-state index is 0.636. The van der Waals surface area contributed by atoms with Gasteiger partial charge in [0.1, 0.15) is 25.3 Å². The van der Waals surface area contributed by atoms with Crippen molar-refractivity contribution in [3.63, 3.8) is 0 Å². The first-order valence-corrected chi connectivity index (χ1v) is 11.2. The normalized spacial score (nSPS) is 11.2. The van der Waals surface area contributed by atoms with Gasteiger partial charge in [0.15, 0.2) is 34.0 Å². The fraction of sp³-hybridized carbons (Fsp3) is 0.120. The maximum absolute atomic E-state index is 4.57. The summed E-state index contributed by atoms with van der Waals surface area (Å²) in [5, 5.41) is 6.73. The largest absolute Gasteiger partial charge is 0.364 e. The van der Waals surface area contributed by atoms with Gasteiger partial charge in [-0.2, -0.15) is 0 Å². The van der Waals surface area contributed by atoms with E-state index in [1.54, 1.807) is 22.0 Å². The maximum atomic E-state index is 4.57. The number of benzene rings is 2. The highest BCUT2D eigenvalue weighted by Crippen LogP contribution is 2.22. The van der Waals surface area contributed by atoms with E-state index in [2.05, 4.69) is 83.9 Å². The molecule has 0 amide bonds. The second-order valence-electron chi connectivity index (χ2n) is 8.15. The Morgan fingerprint density at radius 1 is 0.600 bits per heavy atom. The maximum Gasteiger partial charge on any atom is 0.185 e. The molecule has 2 N–H and O–H groups in total. The topological polar surface area (TPSA) is 111 Å². The average Bonchev–Trinajstić information content (AvgIpc) is 3.52. The molecule has 4 heterocycles. The molecular weight excluding hydrogens is 440 g/mol. The van der Waals surface area contributed by atoms with Crippen LogP contribution in [0.5, 0.6) is 0 Å². The van der Waals surface area contributed by atoms with Crippen molar-refractivity contribution < 1.29 is 0 Å². The Kier molecular flexibility index (Phi) is 5.22. The smallest absolute Gasteiger partial charge is 0.185 e. The predicted molar refractivity (Wildman–Crippen MR) is 134 cm³/mol. The molecule has 0 saturated heterocycles. The summed E-state index contributed by atoms with van der Waals surface area (Å²) in [6.45, 7) is 3.35. The summed E-state index contributed by atoms with van der Waals surface area (Å²) >= 11 is 0. The van der Waals surface area contributed by atoms with Crippen LogP contribution in [0.25, 0.3) is 22.3 Å². The lowest BCUT2D eigenvalue weighted by Gasteiger charge is -2.08. The van der Waals surface area contributed by atoms with Crippen LogP contribution in [-0.2, 0) is 13.1 Å². The Bertz CT molecular complexity index is 1600. The first kappa shape index (κ1) is 20.7. The Morgan fingerprint density at radius 2 is 1.11 bits per heavy atom. The number of imidazole rings is 2. The number of nitrogens with one attached hydrogen (secondary N) is 2. The molecule has 0 aliphatic heterocycles. The number of hydrogen-bond acceptors (Lipinski definition) is 8. The number of rotatable bonds is 7. The van der Waals surface area contributed by atoms with Gasteiger partial charge in [0.25, 0.3) is 0 Å². The van der Waals surface area contributed by atoms with Gasteiger partial charge in [0.05, 0.1) is 0 Å². The summed E-state index contributed by atoms with van der Waals surface area (Å²) in [4.78, 5) is 26.9. The Hall–Kier alpha value is -4.86. The lowest BCUT2D eigenvalue weighted by Crippen LogP contribution is -2.09. The highest BCUT2D eigenvalue weighted by atomic mass is 15.5. The van der Waals surface area contributed by atoms with Crippen molar-refractivity contribution in [3.05, 3.63) is 96.6 Å². The van der Waals surface area contributed by atoms with Crippen LogP contribution < -0.4 is 10.6 Å². The van der Waals surface area contributed by atoms with Crippen molar-refractivity contribution in [3.8, 4) is 0 Å². The molecule has 0 saturated carbocycles. The van der Waals surface area contributed by atoms with Crippen LogP contribution in [0.2, 0.25) is 0 Å². The molecule has 35 heavy (non-hydrogen) atoms. The third-order valence-corrected chi connectivity index (χ3v) is 5.75. The summed E-state index contributed by atoms with van der Waals surface area (Å²) in [6.07, 6.45) is 6.43. The lowest BCUT2D eigenvalue weighted by atomic mass is 10.1. The van der Waals surface area contributed by atoms with Crippen LogP contribution in [0.4, 0.5) is 11.6 Å². The third-order valence-electron chi connectivity index (χ3n) is 5.75. The SMILES string of the molecule is Cc1ccc(CNc2ncnc3c2ncn3-n2cnc3c(NCc4ccccc4)ncnc32)cc1. The zero-order valence-corrected chi connectivity index (χ0v) is 19.0. The molecule has 0 unspecified atom stereocenters. The standard InChI is InChI=1S/C25H22N10/c1-17-7-9-19(10-8-17)12-27-23-21-25(31-14-29-23)35(16-33-21)34-15-32-20-22(28-13-30-24(20)34)26-11-18-5-3-2-4-6-18/h2-10,13-16H,11-12H2,1H3,(H,26,28,30)(H,27,29,31). The molecule has 0 spiro atoms. The van der Waals surface area contributed by atoms with Gasteiger partial charge in [-0.1, -0.05) is 60.2 Å². The van der Waals surface area contributed by atoms with E-state index in [1.807, 2.05) is 18.2 Å². The van der Waals surface area contributed by atoms with E-state index in [0.717, 1.165) is 11.1 Å². The number of aromatic nitrogens is 8. The van der Waals surface area contributed by atoms with E-state index < -0.39 is 0 Å². The second-order valence-corrected chi connectivity index (χ2v) is 8.15. The predicted octanol–water partition coefficient (Wildman–Crippen LogP) is 3.81. The molecule has 6 rings (SSSR count). The molecule has 0 radical (unpaired) electrons. The third kappa shape index (κ3) is 4.01. The fourth-order valence-corrected chi connectivity index (χ4v) is 3.89. The highest BCUT2D eigenvalue weighted by molar-refractivity contribution is 5.85. The van der Waals surface area contributed by atoms with E-state index in [4.69, 9.17) is 0 Å². The fourth-order valence-electron chi connectivity index (χ4n) is 3.89. The number of fused-ring (bicyclic) bond motifs is 2. The van der Waals surface area contributed by atoms with Gasteiger partial charge in [0, 0.05) is 13.1 Å². The van der Waals surface area contributed by atoms with Gasteiger partial charge in [-0.15, -0.1) is 0 Å². The molecule has 10 heteroatoms. The minimum absolute atomic E-state index is 0.636. The van der Waals surface area contributed by atoms with E-state index in [9.17, 15) is 0 Å².